The van der Waals surface area contributed by atoms with Gasteiger partial charge in [-0.15, -0.1) is 0 Å². The van der Waals surface area contributed by atoms with Gasteiger partial charge in [-0.2, -0.15) is 0 Å². The number of hydrogen-bond acceptors (Lipinski definition) is 6. The Kier molecular flexibility index (Phi) is 38.4. The third kappa shape index (κ3) is 41.8. The molecule has 0 unspecified atom stereocenters. The smallest absolute Gasteiger partial charge is 0.862 e. The zero-order chi connectivity index (χ0) is 28.7. The van der Waals surface area contributed by atoms with Gasteiger partial charge in [0.2, 0.25) is 5.91 Å². The second kappa shape index (κ2) is 35.2. The van der Waals surface area contributed by atoms with Crippen LogP contribution in [-0.2, 0) is 14.4 Å². The van der Waals surface area contributed by atoms with Crippen molar-refractivity contribution in [3.05, 3.63) is 0 Å². The summed E-state index contributed by atoms with van der Waals surface area (Å²) in [7, 11) is 0. The molecule has 0 aromatic rings. The maximum atomic E-state index is 11.3. The van der Waals surface area contributed by atoms with Crippen molar-refractivity contribution in [1.29, 1.82) is 0 Å². The zero-order valence-corrected chi connectivity index (χ0v) is 27.3. The van der Waals surface area contributed by atoms with Gasteiger partial charge in [-0.3, -0.25) is 9.59 Å². The maximum absolute atomic E-state index is 11.3. The number of carboxylic acids is 2. The molecule has 0 radical (unpaired) electrons. The van der Waals surface area contributed by atoms with E-state index in [0.29, 0.717) is 12.8 Å². The van der Waals surface area contributed by atoms with E-state index in [1.807, 2.05) is 0 Å². The zero-order valence-electron chi connectivity index (χ0n) is 25.1. The van der Waals surface area contributed by atoms with E-state index in [9.17, 15) is 24.6 Å². The van der Waals surface area contributed by atoms with E-state index < -0.39 is 11.9 Å². The minimum absolute atomic E-state index is 0. The summed E-state index contributed by atoms with van der Waals surface area (Å²) < 4.78 is 0. The fourth-order valence-electron chi connectivity index (χ4n) is 3.93. The molecule has 0 rings (SSSR count). The molecule has 0 heterocycles. The van der Waals surface area contributed by atoms with Crippen molar-refractivity contribution in [2.45, 2.75) is 155 Å². The fraction of sp³-hybridized carbons (Fsp3) is 0.867. The average molecular weight is 581 g/mol. The molecule has 0 aromatic heterocycles. The van der Waals surface area contributed by atoms with Crippen LogP contribution in [0.5, 0.6) is 0 Å². The molecule has 9 heteroatoms. The van der Waals surface area contributed by atoms with Crippen molar-refractivity contribution in [3.63, 3.8) is 0 Å². The standard InChI is InChI=1S/2C15H29NO3.Ca/c2*1-2-3-4-5-6-7-8-9-10-11-14(17)16-13-12-15(18)19;/h2*2-13H2,1H3,(H,16,17)(H,18,19);/q;;+2/p-2. The second-order valence-corrected chi connectivity index (χ2v) is 10.0. The Morgan fingerprint density at radius 2 is 1.03 bits per heavy atom. The minimum Gasteiger partial charge on any atom is -0.862 e. The van der Waals surface area contributed by atoms with E-state index in [1.54, 1.807) is 0 Å². The largest absolute Gasteiger partial charge is 2.00 e. The summed E-state index contributed by atoms with van der Waals surface area (Å²) in [6, 6.07) is 0. The number of hydrogen-bond donors (Lipinski definition) is 2. The Labute approximate surface area is 268 Å². The Balaban J connectivity index is -0.000000648. The van der Waals surface area contributed by atoms with Gasteiger partial charge in [-0.05, 0) is 25.2 Å². The molecular formula is C30H56CaN2O6. The Bertz CT molecular complexity index is 602. The molecule has 0 aliphatic heterocycles. The summed E-state index contributed by atoms with van der Waals surface area (Å²) in [5.41, 5.74) is 0. The van der Waals surface area contributed by atoms with Gasteiger partial charge in [0, 0.05) is 31.9 Å². The van der Waals surface area contributed by atoms with Crippen LogP contribution in [0.3, 0.4) is 0 Å². The monoisotopic (exact) mass is 580 g/mol. The maximum Gasteiger partial charge on any atom is 2.00 e. The number of nitrogens with one attached hydrogen (secondary N) is 1. The third-order valence-corrected chi connectivity index (χ3v) is 6.27. The van der Waals surface area contributed by atoms with E-state index in [2.05, 4.69) is 24.2 Å². The van der Waals surface area contributed by atoms with Gasteiger partial charge in [-0.1, -0.05) is 117 Å². The van der Waals surface area contributed by atoms with E-state index in [4.69, 9.17) is 5.11 Å². The predicted molar refractivity (Wildman–Crippen MR) is 157 cm³/mol. The SMILES string of the molecule is CCCCCCCCCCCC(=O)NCCC(=O)O.CCCCCCCCCCCC([O-])=NCCC(=O)[O-].[Ca+2]. The molecule has 0 fully saturated rings. The summed E-state index contributed by atoms with van der Waals surface area (Å²) in [5, 5.41) is 32.4. The number of aliphatic carboxylic acids is 2. The number of aliphatic imine (C=N–C) groups is 1. The van der Waals surface area contributed by atoms with Gasteiger partial charge in [0.15, 0.2) is 0 Å². The number of carbonyl (C=O) groups is 3. The molecule has 1 amide bonds. The van der Waals surface area contributed by atoms with Crippen LogP contribution >= 0.6 is 0 Å². The average Bonchev–Trinajstić information content (AvgIpc) is 2.86. The molecule has 0 aliphatic carbocycles. The minimum atomic E-state index is -1.15. The first kappa shape index (κ1) is 42.6. The van der Waals surface area contributed by atoms with Crippen LogP contribution < -0.4 is 15.5 Å². The van der Waals surface area contributed by atoms with E-state index in [0.717, 1.165) is 25.7 Å². The number of carboxylic acid groups (broad SMARTS) is 2. The normalized spacial score (nSPS) is 10.8. The van der Waals surface area contributed by atoms with Crippen molar-refractivity contribution in [1.82, 2.24) is 5.32 Å². The first-order valence-corrected chi connectivity index (χ1v) is 15.2. The Hall–Kier alpha value is -0.860. The molecule has 0 bridgehead atoms. The summed E-state index contributed by atoms with van der Waals surface area (Å²) in [6.07, 6.45) is 22.9. The van der Waals surface area contributed by atoms with Crippen molar-refractivity contribution < 1.29 is 29.7 Å². The van der Waals surface area contributed by atoms with Crippen molar-refractivity contribution in [2.75, 3.05) is 13.1 Å². The molecule has 0 atom stereocenters. The Morgan fingerprint density at radius 3 is 1.44 bits per heavy atom. The molecule has 0 aliphatic rings. The van der Waals surface area contributed by atoms with Gasteiger partial charge < -0.3 is 30.4 Å². The molecule has 39 heavy (non-hydrogen) atoms. The van der Waals surface area contributed by atoms with Gasteiger partial charge in [-0.25, -0.2) is 0 Å². The summed E-state index contributed by atoms with van der Waals surface area (Å²) in [5.74, 6) is -2.23. The van der Waals surface area contributed by atoms with Crippen LogP contribution in [0.15, 0.2) is 4.99 Å². The van der Waals surface area contributed by atoms with Crippen molar-refractivity contribution in [3.8, 4) is 0 Å². The first-order valence-electron chi connectivity index (χ1n) is 15.2. The summed E-state index contributed by atoms with van der Waals surface area (Å²) in [4.78, 5) is 35.4. The number of amides is 1. The van der Waals surface area contributed by atoms with Gasteiger partial charge in [0.25, 0.3) is 0 Å². The van der Waals surface area contributed by atoms with Crippen LogP contribution in [0.4, 0.5) is 0 Å². The van der Waals surface area contributed by atoms with Crippen LogP contribution in [0.25, 0.3) is 0 Å². The molecule has 8 nitrogen and oxygen atoms in total. The van der Waals surface area contributed by atoms with Gasteiger partial charge in [0.05, 0.1) is 6.42 Å². The number of nitrogens with zero attached hydrogens (tertiary/aromatic N) is 1. The summed E-state index contributed by atoms with van der Waals surface area (Å²) >= 11 is 0. The molecule has 224 valence electrons. The fourth-order valence-corrected chi connectivity index (χ4v) is 3.93. The van der Waals surface area contributed by atoms with Crippen LogP contribution in [0.1, 0.15) is 155 Å². The quantitative estimate of drug-likeness (QED) is 0.0643. The number of unbranched alkanes of at least 4 members (excludes halogenated alkanes) is 16. The van der Waals surface area contributed by atoms with Gasteiger partial charge in [0.1, 0.15) is 0 Å². The number of rotatable bonds is 26. The van der Waals surface area contributed by atoms with Crippen molar-refractivity contribution >= 4 is 61.5 Å². The first-order chi connectivity index (χ1) is 18.3. The summed E-state index contributed by atoms with van der Waals surface area (Å²) in [6.45, 7) is 4.74. The number of carbonyl (C=O) groups excluding carboxylic acids is 2. The van der Waals surface area contributed by atoms with Crippen molar-refractivity contribution in [2.24, 2.45) is 4.99 Å². The van der Waals surface area contributed by atoms with E-state index in [-0.39, 0.29) is 75.5 Å². The topological polar surface area (TPSA) is 142 Å². The van der Waals surface area contributed by atoms with Crippen LogP contribution in [0, 0.1) is 0 Å². The molecule has 0 saturated carbocycles. The second-order valence-electron chi connectivity index (χ2n) is 10.0. The van der Waals surface area contributed by atoms with E-state index >= 15 is 0 Å². The molecule has 2 N–H and O–H groups in total. The predicted octanol–water partition coefficient (Wildman–Crippen LogP) is 4.92. The van der Waals surface area contributed by atoms with E-state index in [1.165, 1.54) is 89.9 Å². The molecular weight excluding hydrogens is 524 g/mol. The van der Waals surface area contributed by atoms with Gasteiger partial charge >= 0.3 is 43.7 Å². The van der Waals surface area contributed by atoms with Crippen LogP contribution in [0.2, 0.25) is 0 Å². The van der Waals surface area contributed by atoms with Crippen LogP contribution in [-0.4, -0.2) is 79.7 Å². The molecule has 0 spiro atoms. The molecule has 0 aromatic carbocycles. The molecule has 0 saturated heterocycles. The third-order valence-electron chi connectivity index (χ3n) is 6.27. The Morgan fingerprint density at radius 1 is 0.615 bits per heavy atom.